The van der Waals surface area contributed by atoms with Crippen molar-refractivity contribution in [1.29, 1.82) is 0 Å². The number of ether oxygens (including phenoxy) is 1. The van der Waals surface area contributed by atoms with Gasteiger partial charge in [0.25, 0.3) is 0 Å². The third-order valence-corrected chi connectivity index (χ3v) is 4.20. The Hall–Kier alpha value is -2.57. The highest BCUT2D eigenvalue weighted by atomic mass is 16.5. The summed E-state index contributed by atoms with van der Waals surface area (Å²) in [6.45, 7) is 1.03. The molecule has 1 N–H and O–H groups in total. The van der Waals surface area contributed by atoms with E-state index in [1.807, 2.05) is 24.3 Å². The van der Waals surface area contributed by atoms with E-state index in [-0.39, 0.29) is 18.1 Å². The van der Waals surface area contributed by atoms with E-state index in [2.05, 4.69) is 10.4 Å². The molecule has 7 heteroatoms. The molecule has 7 nitrogen and oxygen atoms in total. The molecule has 24 heavy (non-hydrogen) atoms. The average molecular weight is 330 g/mol. The fourth-order valence-corrected chi connectivity index (χ4v) is 2.90. The topological polar surface area (TPSA) is 78.2 Å². The van der Waals surface area contributed by atoms with Gasteiger partial charge in [-0.15, -0.1) is 0 Å². The highest BCUT2D eigenvalue weighted by Gasteiger charge is 2.17. The summed E-state index contributed by atoms with van der Waals surface area (Å²) in [6, 6.07) is 7.50. The van der Waals surface area contributed by atoms with Crippen molar-refractivity contribution < 1.29 is 9.53 Å². The van der Waals surface area contributed by atoms with Crippen LogP contribution in [0.15, 0.2) is 29.1 Å². The molecule has 1 aliphatic rings. The molecular formula is C17H22N4O3. The van der Waals surface area contributed by atoms with E-state index in [0.29, 0.717) is 13.1 Å². The number of aryl methyl sites for hydroxylation is 1. The first kappa shape index (κ1) is 16.3. The molecule has 1 aliphatic heterocycles. The molecule has 0 radical (unpaired) electrons. The molecule has 128 valence electrons. The highest BCUT2D eigenvalue weighted by molar-refractivity contribution is 5.75. The lowest BCUT2D eigenvalue weighted by atomic mass is 10.2. The van der Waals surface area contributed by atoms with Crippen LogP contribution in [0.2, 0.25) is 0 Å². The fourth-order valence-electron chi connectivity index (χ4n) is 2.90. The Morgan fingerprint density at radius 2 is 2.21 bits per heavy atom. The van der Waals surface area contributed by atoms with Crippen LogP contribution in [-0.4, -0.2) is 27.4 Å². The number of amides is 1. The van der Waals surface area contributed by atoms with Gasteiger partial charge in [-0.05, 0) is 30.5 Å². The molecule has 0 fully saturated rings. The van der Waals surface area contributed by atoms with Gasteiger partial charge >= 0.3 is 5.69 Å². The maximum Gasteiger partial charge on any atom is 0.346 e. The number of aromatic nitrogens is 3. The highest BCUT2D eigenvalue weighted by Crippen LogP contribution is 2.12. The van der Waals surface area contributed by atoms with E-state index in [4.69, 9.17) is 4.74 Å². The minimum absolute atomic E-state index is 0.0528. The Balaban J connectivity index is 1.62. The number of rotatable bonds is 5. The van der Waals surface area contributed by atoms with Gasteiger partial charge in [-0.3, -0.25) is 9.36 Å². The van der Waals surface area contributed by atoms with E-state index in [1.54, 1.807) is 11.7 Å². The quantitative estimate of drug-likeness (QED) is 0.890. The fraction of sp³-hybridized carbons (Fsp3) is 0.471. The van der Waals surface area contributed by atoms with Crippen molar-refractivity contribution in [2.45, 2.75) is 45.3 Å². The lowest BCUT2D eigenvalue weighted by molar-refractivity contribution is -0.122. The summed E-state index contributed by atoms with van der Waals surface area (Å²) in [4.78, 5) is 24.4. The number of nitrogens with one attached hydrogen (secondary N) is 1. The van der Waals surface area contributed by atoms with Crippen LogP contribution in [0, 0.1) is 0 Å². The largest absolute Gasteiger partial charge is 0.497 e. The molecule has 1 aromatic carbocycles. The van der Waals surface area contributed by atoms with Crippen molar-refractivity contribution >= 4 is 5.91 Å². The monoisotopic (exact) mass is 330 g/mol. The molecular weight excluding hydrogens is 308 g/mol. The van der Waals surface area contributed by atoms with Gasteiger partial charge in [-0.2, -0.15) is 5.10 Å². The van der Waals surface area contributed by atoms with Crippen molar-refractivity contribution in [3.63, 3.8) is 0 Å². The Kier molecular flexibility index (Phi) is 4.98. The van der Waals surface area contributed by atoms with Crippen LogP contribution in [0.4, 0.5) is 0 Å². The lowest BCUT2D eigenvalue weighted by Crippen LogP contribution is -2.33. The number of fused-ring (bicyclic) bond motifs is 1. The number of carbonyl (C=O) groups is 1. The number of methoxy groups -OCH3 is 1. The van der Waals surface area contributed by atoms with Crippen LogP contribution >= 0.6 is 0 Å². The minimum atomic E-state index is -0.229. The summed E-state index contributed by atoms with van der Waals surface area (Å²) in [5.41, 5.74) is 0.749. The first-order valence-corrected chi connectivity index (χ1v) is 8.23. The molecule has 3 rings (SSSR count). The average Bonchev–Trinajstić information content (AvgIpc) is 2.78. The Morgan fingerprint density at radius 1 is 1.33 bits per heavy atom. The molecule has 2 aromatic rings. The van der Waals surface area contributed by atoms with Gasteiger partial charge in [0.05, 0.1) is 7.11 Å². The smallest absolute Gasteiger partial charge is 0.346 e. The second-order valence-electron chi connectivity index (χ2n) is 5.95. The molecule has 0 aliphatic carbocycles. The maximum atomic E-state index is 12.3. The molecule has 0 saturated carbocycles. The SMILES string of the molecule is COc1cccc(CNC(=O)Cn2nc3n(c2=O)CCCCC3)c1. The molecule has 2 heterocycles. The van der Waals surface area contributed by atoms with Crippen LogP contribution in [-0.2, 0) is 30.8 Å². The van der Waals surface area contributed by atoms with Crippen LogP contribution in [0.5, 0.6) is 5.75 Å². The zero-order valence-corrected chi connectivity index (χ0v) is 13.8. The van der Waals surface area contributed by atoms with Crippen LogP contribution < -0.4 is 15.7 Å². The van der Waals surface area contributed by atoms with Gasteiger partial charge < -0.3 is 10.1 Å². The predicted octanol–water partition coefficient (Wildman–Crippen LogP) is 1.10. The summed E-state index contributed by atoms with van der Waals surface area (Å²) in [6.07, 6.45) is 3.94. The van der Waals surface area contributed by atoms with Crippen molar-refractivity contribution in [2.75, 3.05) is 7.11 Å². The number of hydrogen-bond acceptors (Lipinski definition) is 4. The van der Waals surface area contributed by atoms with Gasteiger partial charge in [-0.25, -0.2) is 9.48 Å². The van der Waals surface area contributed by atoms with E-state index >= 15 is 0 Å². The third-order valence-electron chi connectivity index (χ3n) is 4.20. The zero-order chi connectivity index (χ0) is 16.9. The second-order valence-corrected chi connectivity index (χ2v) is 5.95. The standard InChI is InChI=1S/C17H22N4O3/c1-24-14-7-5-6-13(10-14)11-18-16(22)12-21-17(23)20-9-4-2-3-8-15(20)19-21/h5-7,10H,2-4,8-9,11-12H2,1H3,(H,18,22). The molecule has 0 spiro atoms. The molecule has 0 bridgehead atoms. The van der Waals surface area contributed by atoms with Crippen LogP contribution in [0.25, 0.3) is 0 Å². The first-order valence-electron chi connectivity index (χ1n) is 8.23. The summed E-state index contributed by atoms with van der Waals surface area (Å²) in [7, 11) is 1.60. The van der Waals surface area contributed by atoms with Gasteiger partial charge in [-0.1, -0.05) is 18.6 Å². The van der Waals surface area contributed by atoms with Crippen molar-refractivity contribution in [2.24, 2.45) is 0 Å². The number of nitrogens with zero attached hydrogens (tertiary/aromatic N) is 3. The predicted molar refractivity (Wildman–Crippen MR) is 88.9 cm³/mol. The molecule has 0 atom stereocenters. The Morgan fingerprint density at radius 3 is 3.04 bits per heavy atom. The first-order chi connectivity index (χ1) is 11.7. The van der Waals surface area contributed by atoms with Gasteiger partial charge in [0.1, 0.15) is 18.1 Å². The molecule has 0 unspecified atom stereocenters. The second kappa shape index (κ2) is 7.33. The normalized spacial score (nSPS) is 13.9. The van der Waals surface area contributed by atoms with Crippen molar-refractivity contribution in [3.8, 4) is 5.75 Å². The van der Waals surface area contributed by atoms with Gasteiger partial charge in [0.2, 0.25) is 5.91 Å². The summed E-state index contributed by atoms with van der Waals surface area (Å²) < 4.78 is 8.12. The van der Waals surface area contributed by atoms with E-state index in [0.717, 1.165) is 42.8 Å². The maximum absolute atomic E-state index is 12.3. The summed E-state index contributed by atoms with van der Waals surface area (Å²) in [5, 5.41) is 7.13. The third kappa shape index (κ3) is 3.67. The zero-order valence-electron chi connectivity index (χ0n) is 13.8. The molecule has 1 amide bonds. The van der Waals surface area contributed by atoms with Crippen LogP contribution in [0.1, 0.15) is 30.7 Å². The van der Waals surface area contributed by atoms with E-state index < -0.39 is 0 Å². The van der Waals surface area contributed by atoms with Gasteiger partial charge in [0, 0.05) is 19.5 Å². The van der Waals surface area contributed by atoms with E-state index in [9.17, 15) is 9.59 Å². The number of carbonyl (C=O) groups excluding carboxylic acids is 1. The van der Waals surface area contributed by atoms with Gasteiger partial charge in [0.15, 0.2) is 0 Å². The summed E-state index contributed by atoms with van der Waals surface area (Å²) in [5.74, 6) is 1.31. The summed E-state index contributed by atoms with van der Waals surface area (Å²) >= 11 is 0. The van der Waals surface area contributed by atoms with Crippen molar-refractivity contribution in [3.05, 3.63) is 46.1 Å². The molecule has 0 saturated heterocycles. The number of benzene rings is 1. The Bertz CT molecular complexity index is 778. The van der Waals surface area contributed by atoms with E-state index in [1.165, 1.54) is 4.68 Å². The Labute approximate surface area is 140 Å². The number of hydrogen-bond donors (Lipinski definition) is 1. The molecule has 1 aromatic heterocycles. The lowest BCUT2D eigenvalue weighted by Gasteiger charge is -2.06. The van der Waals surface area contributed by atoms with Crippen molar-refractivity contribution in [1.82, 2.24) is 19.7 Å². The van der Waals surface area contributed by atoms with Crippen LogP contribution in [0.3, 0.4) is 0 Å². The minimum Gasteiger partial charge on any atom is -0.497 e.